The molecule has 0 bridgehead atoms. The smallest absolute Gasteiger partial charge is 0.120 e. The van der Waals surface area contributed by atoms with E-state index in [1.165, 1.54) is 0 Å². The second kappa shape index (κ2) is 4.12. The van der Waals surface area contributed by atoms with Crippen molar-refractivity contribution in [3.8, 4) is 5.75 Å². The molecule has 1 rings (SSSR count). The zero-order chi connectivity index (χ0) is 8.97. The highest BCUT2D eigenvalue weighted by atomic mass is 16.5. The van der Waals surface area contributed by atoms with Gasteiger partial charge in [-0.15, -0.1) is 0 Å². The maximum absolute atomic E-state index is 8.84. The Labute approximate surface area is 72.8 Å². The predicted octanol–water partition coefficient (Wildman–Crippen LogP) is 1.97. The van der Waals surface area contributed by atoms with Crippen LogP contribution >= 0.6 is 0 Å². The maximum Gasteiger partial charge on any atom is 0.120 e. The van der Waals surface area contributed by atoms with E-state index in [-0.39, 0.29) is 12.7 Å². The molecular weight excluding hydrogens is 152 g/mol. The van der Waals surface area contributed by atoms with Crippen molar-refractivity contribution in [2.45, 2.75) is 26.6 Å². The van der Waals surface area contributed by atoms with Crippen LogP contribution < -0.4 is 4.74 Å². The highest BCUT2D eigenvalue weighted by molar-refractivity contribution is 5.28. The topological polar surface area (TPSA) is 29.5 Å². The van der Waals surface area contributed by atoms with Crippen molar-refractivity contribution >= 4 is 0 Å². The second-order valence-corrected chi connectivity index (χ2v) is 2.97. The summed E-state index contributed by atoms with van der Waals surface area (Å²) in [5.74, 6) is 0.816. The number of rotatable bonds is 3. The van der Waals surface area contributed by atoms with Crippen LogP contribution in [-0.4, -0.2) is 11.2 Å². The molecule has 1 aromatic rings. The lowest BCUT2D eigenvalue weighted by Crippen LogP contribution is -2.05. The number of hydrogen-bond acceptors (Lipinski definition) is 2. The number of aliphatic hydroxyl groups excluding tert-OH is 1. The minimum Gasteiger partial charge on any atom is -0.491 e. The molecule has 0 atom stereocenters. The van der Waals surface area contributed by atoms with Gasteiger partial charge in [-0.1, -0.05) is 12.1 Å². The molecule has 2 heteroatoms. The lowest BCUT2D eigenvalue weighted by Gasteiger charge is -2.09. The van der Waals surface area contributed by atoms with E-state index in [1.807, 2.05) is 38.1 Å². The normalized spacial score (nSPS) is 10.3. The SMILES string of the molecule is CC(C)Oc1cccc(CO)c1. The first-order chi connectivity index (χ1) is 5.72. The van der Waals surface area contributed by atoms with Crippen LogP contribution in [0.3, 0.4) is 0 Å². The molecule has 0 unspecified atom stereocenters. The van der Waals surface area contributed by atoms with Crippen molar-refractivity contribution in [2.24, 2.45) is 0 Å². The maximum atomic E-state index is 8.84. The largest absolute Gasteiger partial charge is 0.491 e. The van der Waals surface area contributed by atoms with E-state index in [4.69, 9.17) is 9.84 Å². The average molecular weight is 166 g/mol. The molecule has 0 heterocycles. The molecule has 0 aliphatic rings. The van der Waals surface area contributed by atoms with Gasteiger partial charge in [-0.2, -0.15) is 0 Å². The van der Waals surface area contributed by atoms with Gasteiger partial charge in [0.15, 0.2) is 0 Å². The van der Waals surface area contributed by atoms with E-state index in [2.05, 4.69) is 0 Å². The summed E-state index contributed by atoms with van der Waals surface area (Å²) in [6.45, 7) is 4.02. The van der Waals surface area contributed by atoms with E-state index >= 15 is 0 Å². The fourth-order valence-electron chi connectivity index (χ4n) is 0.989. The molecule has 0 amide bonds. The molecule has 1 N–H and O–H groups in total. The van der Waals surface area contributed by atoms with E-state index in [1.54, 1.807) is 0 Å². The van der Waals surface area contributed by atoms with E-state index in [9.17, 15) is 0 Å². The lowest BCUT2D eigenvalue weighted by molar-refractivity contribution is 0.240. The Kier molecular flexibility index (Phi) is 3.11. The summed E-state index contributed by atoms with van der Waals surface area (Å²) in [6.07, 6.45) is 0.180. The quantitative estimate of drug-likeness (QED) is 0.743. The van der Waals surface area contributed by atoms with Gasteiger partial charge in [0.2, 0.25) is 0 Å². The van der Waals surface area contributed by atoms with Gasteiger partial charge < -0.3 is 9.84 Å². The molecule has 0 aliphatic carbocycles. The zero-order valence-electron chi connectivity index (χ0n) is 7.45. The molecule has 0 aliphatic heterocycles. The van der Waals surface area contributed by atoms with Crippen LogP contribution in [0.25, 0.3) is 0 Å². The second-order valence-electron chi connectivity index (χ2n) is 2.97. The minimum atomic E-state index is 0.0648. The molecular formula is C10H14O2. The van der Waals surface area contributed by atoms with Crippen molar-refractivity contribution in [3.63, 3.8) is 0 Å². The summed E-state index contributed by atoms with van der Waals surface area (Å²) in [4.78, 5) is 0. The molecule has 0 fully saturated rings. The molecule has 12 heavy (non-hydrogen) atoms. The van der Waals surface area contributed by atoms with Crippen molar-refractivity contribution in [1.29, 1.82) is 0 Å². The monoisotopic (exact) mass is 166 g/mol. The van der Waals surface area contributed by atoms with Gasteiger partial charge in [-0.25, -0.2) is 0 Å². The van der Waals surface area contributed by atoms with Crippen LogP contribution in [0.1, 0.15) is 19.4 Å². The Morgan fingerprint density at radius 1 is 1.42 bits per heavy atom. The van der Waals surface area contributed by atoms with Crippen molar-refractivity contribution in [1.82, 2.24) is 0 Å². The lowest BCUT2D eigenvalue weighted by atomic mass is 10.2. The first kappa shape index (κ1) is 9.07. The first-order valence-corrected chi connectivity index (χ1v) is 4.09. The van der Waals surface area contributed by atoms with Crippen LogP contribution in [0.2, 0.25) is 0 Å². The van der Waals surface area contributed by atoms with Crippen LogP contribution in [0.15, 0.2) is 24.3 Å². The third-order valence-electron chi connectivity index (χ3n) is 1.45. The number of ether oxygens (including phenoxy) is 1. The minimum absolute atomic E-state index is 0.0648. The third-order valence-corrected chi connectivity index (χ3v) is 1.45. The Hall–Kier alpha value is -1.02. The Morgan fingerprint density at radius 2 is 2.17 bits per heavy atom. The molecule has 2 nitrogen and oxygen atoms in total. The molecule has 0 radical (unpaired) electrons. The van der Waals surface area contributed by atoms with Crippen LogP contribution in [0.4, 0.5) is 0 Å². The van der Waals surface area contributed by atoms with Gasteiger partial charge >= 0.3 is 0 Å². The Bertz CT molecular complexity index is 243. The Morgan fingerprint density at radius 3 is 2.75 bits per heavy atom. The van der Waals surface area contributed by atoms with Crippen molar-refractivity contribution in [3.05, 3.63) is 29.8 Å². The van der Waals surface area contributed by atoms with E-state index in [0.29, 0.717) is 0 Å². The summed E-state index contributed by atoms with van der Waals surface area (Å²) < 4.78 is 5.45. The highest BCUT2D eigenvalue weighted by Crippen LogP contribution is 2.14. The first-order valence-electron chi connectivity index (χ1n) is 4.09. The van der Waals surface area contributed by atoms with Gasteiger partial charge in [0, 0.05) is 0 Å². The zero-order valence-corrected chi connectivity index (χ0v) is 7.45. The molecule has 0 saturated carbocycles. The van der Waals surface area contributed by atoms with E-state index in [0.717, 1.165) is 11.3 Å². The molecule has 66 valence electrons. The average Bonchev–Trinajstić information content (AvgIpc) is 2.03. The summed E-state index contributed by atoms with van der Waals surface area (Å²) in [5, 5.41) is 8.84. The molecule has 0 saturated heterocycles. The highest BCUT2D eigenvalue weighted by Gasteiger charge is 1.97. The van der Waals surface area contributed by atoms with Crippen molar-refractivity contribution in [2.75, 3.05) is 0 Å². The third kappa shape index (κ3) is 2.55. The van der Waals surface area contributed by atoms with Gasteiger partial charge in [0.1, 0.15) is 5.75 Å². The van der Waals surface area contributed by atoms with E-state index < -0.39 is 0 Å². The molecule has 0 aromatic heterocycles. The van der Waals surface area contributed by atoms with Gasteiger partial charge in [-0.05, 0) is 31.5 Å². The molecule has 0 spiro atoms. The number of aliphatic hydroxyl groups is 1. The Balaban J connectivity index is 2.72. The standard InChI is InChI=1S/C10H14O2/c1-8(2)12-10-5-3-4-9(6-10)7-11/h3-6,8,11H,7H2,1-2H3. The van der Waals surface area contributed by atoms with Gasteiger partial charge in [0.05, 0.1) is 12.7 Å². The van der Waals surface area contributed by atoms with Crippen LogP contribution in [-0.2, 0) is 6.61 Å². The fraction of sp³-hybridized carbons (Fsp3) is 0.400. The number of hydrogen-bond donors (Lipinski definition) is 1. The summed E-state index contributed by atoms with van der Waals surface area (Å²) in [6, 6.07) is 7.48. The van der Waals surface area contributed by atoms with Gasteiger partial charge in [0.25, 0.3) is 0 Å². The van der Waals surface area contributed by atoms with Gasteiger partial charge in [-0.3, -0.25) is 0 Å². The number of benzene rings is 1. The van der Waals surface area contributed by atoms with Crippen molar-refractivity contribution < 1.29 is 9.84 Å². The van der Waals surface area contributed by atoms with Crippen LogP contribution in [0.5, 0.6) is 5.75 Å². The summed E-state index contributed by atoms with van der Waals surface area (Å²) >= 11 is 0. The van der Waals surface area contributed by atoms with Crippen LogP contribution in [0, 0.1) is 0 Å². The molecule has 1 aromatic carbocycles. The fourth-order valence-corrected chi connectivity index (χ4v) is 0.989. The summed E-state index contributed by atoms with van der Waals surface area (Å²) in [5.41, 5.74) is 0.883. The summed E-state index contributed by atoms with van der Waals surface area (Å²) in [7, 11) is 0. The predicted molar refractivity (Wildman–Crippen MR) is 48.1 cm³/mol.